The lowest BCUT2D eigenvalue weighted by molar-refractivity contribution is -0.155. The van der Waals surface area contributed by atoms with Crippen LogP contribution >= 0.6 is 0 Å². The summed E-state index contributed by atoms with van der Waals surface area (Å²) >= 11 is 0. The molecule has 0 spiro atoms. The topological polar surface area (TPSA) is 174 Å². The van der Waals surface area contributed by atoms with E-state index in [4.69, 9.17) is 14.2 Å². The van der Waals surface area contributed by atoms with Crippen molar-refractivity contribution < 1.29 is 43.5 Å². The number of carbonyl (C=O) groups is 3. The molecule has 0 aliphatic carbocycles. The second-order valence-corrected chi connectivity index (χ2v) is 12.6. The third-order valence-electron chi connectivity index (χ3n) is 6.92. The lowest BCUT2D eigenvalue weighted by Crippen LogP contribution is -2.26. The number of nitrogens with one attached hydrogen (secondary N) is 1. The Kier molecular flexibility index (Phi) is 13.5. The molecule has 0 radical (unpaired) electrons. The fourth-order valence-electron chi connectivity index (χ4n) is 4.48. The maximum Gasteiger partial charge on any atom is 0.378 e. The number of carboxylic acids is 1. The largest absolute Gasteiger partial charge is 0.499 e. The summed E-state index contributed by atoms with van der Waals surface area (Å²) in [5.41, 5.74) is 0.540. The first-order valence-electron chi connectivity index (χ1n) is 15.6. The third-order valence-corrected chi connectivity index (χ3v) is 6.92. The second kappa shape index (κ2) is 17.5. The molecule has 3 N–H and O–H groups in total. The quantitative estimate of drug-likeness (QED) is 0.0898. The first kappa shape index (κ1) is 38.5. The normalized spacial score (nSPS) is 11.6. The summed E-state index contributed by atoms with van der Waals surface area (Å²) in [5, 5.41) is 19.4. The van der Waals surface area contributed by atoms with E-state index in [0.717, 1.165) is 23.8 Å². The number of aromatic amines is 1. The van der Waals surface area contributed by atoms with Gasteiger partial charge in [0.2, 0.25) is 5.75 Å². The van der Waals surface area contributed by atoms with Crippen LogP contribution in [0.25, 0.3) is 0 Å². The molecule has 3 aromatic carbocycles. The van der Waals surface area contributed by atoms with Crippen molar-refractivity contribution in [3.05, 3.63) is 141 Å². The number of benzene rings is 3. The van der Waals surface area contributed by atoms with Gasteiger partial charge >= 0.3 is 17.9 Å². The molecule has 1 aromatic heterocycles. The highest BCUT2D eigenvalue weighted by Crippen LogP contribution is 2.27. The Morgan fingerprint density at radius 2 is 1.28 bits per heavy atom. The van der Waals surface area contributed by atoms with Crippen molar-refractivity contribution >= 4 is 17.9 Å². The summed E-state index contributed by atoms with van der Waals surface area (Å²) in [7, 11) is 1.12. The molecule has 12 nitrogen and oxygen atoms in total. The minimum absolute atomic E-state index is 0.00185. The Bertz CT molecular complexity index is 1830. The summed E-state index contributed by atoms with van der Waals surface area (Å²) < 4.78 is 20.2. The minimum atomic E-state index is -1.30. The van der Waals surface area contributed by atoms with Crippen molar-refractivity contribution in [3.63, 3.8) is 0 Å². The van der Waals surface area contributed by atoms with E-state index in [2.05, 4.69) is 14.7 Å². The molecule has 12 heteroatoms. The molecule has 4 rings (SSSR count). The molecule has 0 aliphatic heterocycles. The van der Waals surface area contributed by atoms with Gasteiger partial charge in [0, 0.05) is 6.42 Å². The van der Waals surface area contributed by atoms with Crippen LogP contribution in [-0.2, 0) is 48.8 Å². The fourth-order valence-corrected chi connectivity index (χ4v) is 4.48. The number of aliphatic hydroxyl groups is 1. The number of hydrogen-bond acceptors (Lipinski definition) is 10. The van der Waals surface area contributed by atoms with Crippen LogP contribution in [0.4, 0.5) is 0 Å². The Balaban J connectivity index is 0.000000279. The minimum Gasteiger partial charge on any atom is -0.499 e. The Labute approximate surface area is 290 Å². The first-order chi connectivity index (χ1) is 23.6. The lowest BCUT2D eigenvalue weighted by Gasteiger charge is -2.24. The molecule has 0 saturated carbocycles. The van der Waals surface area contributed by atoms with Crippen molar-refractivity contribution in [3.8, 4) is 5.75 Å². The average Bonchev–Trinajstić information content (AvgIpc) is 3.08. The van der Waals surface area contributed by atoms with Crippen molar-refractivity contribution in [1.29, 1.82) is 0 Å². The number of carbonyl (C=O) groups excluding carboxylic acids is 2. The predicted octanol–water partition coefficient (Wildman–Crippen LogP) is 6.05. The van der Waals surface area contributed by atoms with Gasteiger partial charge in [-0.1, -0.05) is 105 Å². The second-order valence-electron chi connectivity index (χ2n) is 12.6. The van der Waals surface area contributed by atoms with E-state index in [1.54, 1.807) is 45.0 Å². The molecule has 4 aromatic rings. The molecular weight excluding hydrogens is 644 g/mol. The standard InChI is InChI=1S/C22H22N2O4.C16H20O6/c1-22(2,16-11-7-4-8-12-16)13-17-23-18(21(26)27)19(20(25)24-17)28-14-15-9-5-3-6-10-15;1-16(2,3)22-14(18)12(17)13(15(19)20-4)21-10-11-8-6-5-7-9-11/h3-12H,13-14H2,1-2H3,(H,26,27)(H,23,24,25);5-9,17H,10H2,1-4H3. The Hall–Kier alpha value is -5.91. The van der Waals surface area contributed by atoms with Crippen LogP contribution in [0.3, 0.4) is 0 Å². The van der Waals surface area contributed by atoms with Crippen molar-refractivity contribution in [1.82, 2.24) is 9.97 Å². The van der Waals surface area contributed by atoms with Crippen LogP contribution in [0.2, 0.25) is 0 Å². The number of nitrogens with zero attached hydrogens (tertiary/aromatic N) is 1. The van der Waals surface area contributed by atoms with Gasteiger partial charge in [-0.25, -0.2) is 19.4 Å². The maximum atomic E-state index is 12.5. The van der Waals surface area contributed by atoms with Crippen LogP contribution in [0, 0.1) is 0 Å². The van der Waals surface area contributed by atoms with Crippen molar-refractivity contribution in [2.75, 3.05) is 7.11 Å². The van der Waals surface area contributed by atoms with Gasteiger partial charge < -0.3 is 34.1 Å². The highest BCUT2D eigenvalue weighted by molar-refractivity contribution is 5.97. The Morgan fingerprint density at radius 1 is 0.760 bits per heavy atom. The number of carboxylic acid groups (broad SMARTS) is 1. The van der Waals surface area contributed by atoms with Gasteiger partial charge in [0.25, 0.3) is 17.1 Å². The van der Waals surface area contributed by atoms with E-state index in [0.29, 0.717) is 12.2 Å². The van der Waals surface area contributed by atoms with Crippen LogP contribution in [0.1, 0.15) is 67.6 Å². The molecular formula is C38H42N2O10. The number of aromatic carboxylic acids is 1. The zero-order valence-corrected chi connectivity index (χ0v) is 28.9. The lowest BCUT2D eigenvalue weighted by atomic mass is 9.81. The third kappa shape index (κ3) is 11.7. The van der Waals surface area contributed by atoms with E-state index in [1.165, 1.54) is 0 Å². The monoisotopic (exact) mass is 686 g/mol. The average molecular weight is 687 g/mol. The van der Waals surface area contributed by atoms with Gasteiger partial charge in [0.15, 0.2) is 5.69 Å². The number of H-pyrrole nitrogens is 1. The summed E-state index contributed by atoms with van der Waals surface area (Å²) in [4.78, 5) is 54.5. The fraction of sp³-hybridized carbons (Fsp3) is 0.289. The molecule has 1 heterocycles. The molecule has 0 amide bonds. The van der Waals surface area contributed by atoms with Crippen molar-refractivity contribution in [2.24, 2.45) is 0 Å². The van der Waals surface area contributed by atoms with E-state index < -0.39 is 40.6 Å². The number of esters is 2. The van der Waals surface area contributed by atoms with Crippen LogP contribution in [0.15, 0.2) is 107 Å². The highest BCUT2D eigenvalue weighted by atomic mass is 16.6. The van der Waals surface area contributed by atoms with Gasteiger partial charge in [-0.3, -0.25) is 4.79 Å². The van der Waals surface area contributed by atoms with Gasteiger partial charge in [-0.15, -0.1) is 0 Å². The summed E-state index contributed by atoms with van der Waals surface area (Å²) in [6.45, 7) is 9.03. The predicted molar refractivity (Wildman–Crippen MR) is 185 cm³/mol. The molecule has 0 atom stereocenters. The number of aromatic nitrogens is 2. The first-order valence-corrected chi connectivity index (χ1v) is 15.6. The SMILES string of the molecule is CC(C)(Cc1nc(C(=O)O)c(OCc2ccccc2)c(=O)[nH]1)c1ccccc1.COC(=O)C(OCc1ccccc1)=C(O)C(=O)OC(C)(C)C. The molecule has 50 heavy (non-hydrogen) atoms. The van der Waals surface area contributed by atoms with E-state index >= 15 is 0 Å². The van der Waals surface area contributed by atoms with Crippen molar-refractivity contribution in [2.45, 2.75) is 65.3 Å². The van der Waals surface area contributed by atoms with E-state index in [-0.39, 0.29) is 30.1 Å². The number of ether oxygens (including phenoxy) is 4. The van der Waals surface area contributed by atoms with E-state index in [1.807, 2.05) is 80.6 Å². The highest BCUT2D eigenvalue weighted by Gasteiger charge is 2.28. The molecule has 0 bridgehead atoms. The van der Waals surface area contributed by atoms with Crippen LogP contribution in [0.5, 0.6) is 5.75 Å². The van der Waals surface area contributed by atoms with E-state index in [9.17, 15) is 29.4 Å². The number of hydrogen-bond donors (Lipinski definition) is 3. The molecule has 0 aliphatic rings. The number of rotatable bonds is 12. The zero-order valence-electron chi connectivity index (χ0n) is 28.9. The van der Waals surface area contributed by atoms with Crippen LogP contribution < -0.4 is 10.3 Å². The smallest absolute Gasteiger partial charge is 0.378 e. The number of methoxy groups -OCH3 is 1. The number of aliphatic hydroxyl groups excluding tert-OH is 1. The maximum absolute atomic E-state index is 12.5. The Morgan fingerprint density at radius 3 is 1.78 bits per heavy atom. The zero-order chi connectivity index (χ0) is 36.9. The molecule has 264 valence electrons. The summed E-state index contributed by atoms with van der Waals surface area (Å²) in [6, 6.07) is 28.0. The summed E-state index contributed by atoms with van der Waals surface area (Å²) in [6.07, 6.45) is 0.380. The summed E-state index contributed by atoms with van der Waals surface area (Å²) in [5.74, 6) is -4.78. The molecule has 0 fully saturated rings. The molecule has 0 unspecified atom stereocenters. The van der Waals surface area contributed by atoms with Gasteiger partial charge in [0.05, 0.1) is 7.11 Å². The van der Waals surface area contributed by atoms with Crippen LogP contribution in [-0.4, -0.2) is 50.8 Å². The van der Waals surface area contributed by atoms with Gasteiger partial charge in [-0.05, 0) is 42.9 Å². The molecule has 0 saturated heterocycles. The van der Waals surface area contributed by atoms with Gasteiger partial charge in [-0.2, -0.15) is 0 Å². The van der Waals surface area contributed by atoms with Gasteiger partial charge in [0.1, 0.15) is 24.6 Å².